The zero-order chi connectivity index (χ0) is 19.1. The van der Waals surface area contributed by atoms with Crippen LogP contribution in [-0.4, -0.2) is 28.5 Å². The first-order valence-corrected chi connectivity index (χ1v) is 9.68. The summed E-state index contributed by atoms with van der Waals surface area (Å²) in [6, 6.07) is 15.2. The van der Waals surface area contributed by atoms with E-state index in [1.165, 1.54) is 11.8 Å². The van der Waals surface area contributed by atoms with Crippen molar-refractivity contribution in [2.24, 2.45) is 0 Å². The second kappa shape index (κ2) is 9.23. The summed E-state index contributed by atoms with van der Waals surface area (Å²) < 4.78 is 11.1. The van der Waals surface area contributed by atoms with Gasteiger partial charge in [0.25, 0.3) is 5.22 Å². The number of carbonyl (C=O) groups is 1. The van der Waals surface area contributed by atoms with Crippen molar-refractivity contribution in [2.45, 2.75) is 25.5 Å². The Morgan fingerprint density at radius 3 is 2.74 bits per heavy atom. The molecule has 0 fully saturated rings. The Balaban J connectivity index is 1.48. The van der Waals surface area contributed by atoms with Gasteiger partial charge in [0.15, 0.2) is 0 Å². The summed E-state index contributed by atoms with van der Waals surface area (Å²) in [5, 5.41) is 11.4. The summed E-state index contributed by atoms with van der Waals surface area (Å²) >= 11 is 1.36. The standard InChI is InChI=1S/C20H21N3O3S/c1-3-25-17-9-7-15(8-10-17)19-22-23-20(26-19)27-12-11-18(24)21-16-6-4-5-14(2)13-16/h4-10,13H,3,11-12H2,1-2H3,(H,21,24). The van der Waals surface area contributed by atoms with Crippen LogP contribution in [0.25, 0.3) is 11.5 Å². The molecule has 0 saturated heterocycles. The van der Waals surface area contributed by atoms with Crippen LogP contribution in [0.3, 0.4) is 0 Å². The van der Waals surface area contributed by atoms with E-state index < -0.39 is 0 Å². The minimum Gasteiger partial charge on any atom is -0.494 e. The topological polar surface area (TPSA) is 77.2 Å². The van der Waals surface area contributed by atoms with Gasteiger partial charge in [-0.15, -0.1) is 10.2 Å². The number of hydrogen-bond donors (Lipinski definition) is 1. The smallest absolute Gasteiger partial charge is 0.276 e. The van der Waals surface area contributed by atoms with E-state index in [-0.39, 0.29) is 5.91 Å². The number of aryl methyl sites for hydroxylation is 1. The zero-order valence-electron chi connectivity index (χ0n) is 15.3. The molecule has 0 bridgehead atoms. The van der Waals surface area contributed by atoms with Crippen LogP contribution in [0.5, 0.6) is 5.75 Å². The van der Waals surface area contributed by atoms with Gasteiger partial charge in [-0.25, -0.2) is 0 Å². The molecule has 3 rings (SSSR count). The van der Waals surface area contributed by atoms with Crippen LogP contribution in [0.4, 0.5) is 5.69 Å². The highest BCUT2D eigenvalue weighted by atomic mass is 32.2. The maximum atomic E-state index is 12.0. The van der Waals surface area contributed by atoms with Crippen LogP contribution >= 0.6 is 11.8 Å². The largest absolute Gasteiger partial charge is 0.494 e. The minimum atomic E-state index is -0.0423. The molecule has 1 N–H and O–H groups in total. The van der Waals surface area contributed by atoms with E-state index in [4.69, 9.17) is 9.15 Å². The average Bonchev–Trinajstić information content (AvgIpc) is 3.11. The van der Waals surface area contributed by atoms with Crippen molar-refractivity contribution < 1.29 is 13.9 Å². The Kier molecular flexibility index (Phi) is 6.49. The lowest BCUT2D eigenvalue weighted by Gasteiger charge is -2.05. The average molecular weight is 383 g/mol. The fourth-order valence-electron chi connectivity index (χ4n) is 2.42. The molecule has 0 unspecified atom stereocenters. The number of nitrogens with zero attached hydrogens (tertiary/aromatic N) is 2. The van der Waals surface area contributed by atoms with Gasteiger partial charge in [-0.05, 0) is 55.8 Å². The second-order valence-corrected chi connectivity index (χ2v) is 6.89. The SMILES string of the molecule is CCOc1ccc(-c2nnc(SCCC(=O)Nc3cccc(C)c3)o2)cc1. The summed E-state index contributed by atoms with van der Waals surface area (Å²) in [6.45, 7) is 4.55. The Morgan fingerprint density at radius 1 is 1.19 bits per heavy atom. The summed E-state index contributed by atoms with van der Waals surface area (Å²) in [4.78, 5) is 12.0. The third kappa shape index (κ3) is 5.59. The number of ether oxygens (including phenoxy) is 1. The molecule has 6 nitrogen and oxygen atoms in total. The molecule has 0 aliphatic carbocycles. The van der Waals surface area contributed by atoms with Crippen molar-refractivity contribution in [2.75, 3.05) is 17.7 Å². The van der Waals surface area contributed by atoms with Crippen molar-refractivity contribution in [3.05, 3.63) is 54.1 Å². The molecule has 1 amide bonds. The van der Waals surface area contributed by atoms with Crippen LogP contribution in [0.15, 0.2) is 58.2 Å². The van der Waals surface area contributed by atoms with Crippen molar-refractivity contribution in [3.63, 3.8) is 0 Å². The van der Waals surface area contributed by atoms with Gasteiger partial charge in [-0.2, -0.15) is 0 Å². The third-order valence-electron chi connectivity index (χ3n) is 3.68. The molecule has 0 aliphatic rings. The lowest BCUT2D eigenvalue weighted by Crippen LogP contribution is -2.12. The highest BCUT2D eigenvalue weighted by molar-refractivity contribution is 7.99. The lowest BCUT2D eigenvalue weighted by atomic mass is 10.2. The number of benzene rings is 2. The molecule has 1 heterocycles. The molecule has 7 heteroatoms. The van der Waals surface area contributed by atoms with E-state index in [9.17, 15) is 4.79 Å². The number of nitrogens with one attached hydrogen (secondary N) is 1. The van der Waals surface area contributed by atoms with Crippen LogP contribution in [0.1, 0.15) is 18.9 Å². The van der Waals surface area contributed by atoms with E-state index in [0.717, 1.165) is 22.6 Å². The van der Waals surface area contributed by atoms with Crippen LogP contribution in [0, 0.1) is 6.92 Å². The number of anilines is 1. The summed E-state index contributed by atoms with van der Waals surface area (Å²) in [6.07, 6.45) is 0.360. The first kappa shape index (κ1) is 19.0. The molecule has 0 spiro atoms. The maximum absolute atomic E-state index is 12.0. The second-order valence-electron chi connectivity index (χ2n) is 5.85. The number of aromatic nitrogens is 2. The van der Waals surface area contributed by atoms with Gasteiger partial charge in [0, 0.05) is 23.4 Å². The predicted octanol–water partition coefficient (Wildman–Crippen LogP) is 4.56. The van der Waals surface area contributed by atoms with Crippen LogP contribution in [0.2, 0.25) is 0 Å². The molecule has 1 aromatic heterocycles. The number of amides is 1. The van der Waals surface area contributed by atoms with Gasteiger partial charge in [-0.1, -0.05) is 23.9 Å². The summed E-state index contributed by atoms with van der Waals surface area (Å²) in [5.74, 6) is 1.77. The van der Waals surface area contributed by atoms with Crippen molar-refractivity contribution in [1.82, 2.24) is 10.2 Å². The van der Waals surface area contributed by atoms with E-state index in [2.05, 4.69) is 15.5 Å². The molecular weight excluding hydrogens is 362 g/mol. The van der Waals surface area contributed by atoms with Gasteiger partial charge < -0.3 is 14.5 Å². The molecule has 0 aliphatic heterocycles. The molecule has 0 radical (unpaired) electrons. The van der Waals surface area contributed by atoms with Gasteiger partial charge in [-0.3, -0.25) is 4.79 Å². The zero-order valence-corrected chi connectivity index (χ0v) is 16.1. The molecule has 3 aromatic rings. The van der Waals surface area contributed by atoms with Crippen molar-refractivity contribution in [3.8, 4) is 17.2 Å². The molecule has 2 aromatic carbocycles. The summed E-state index contributed by atoms with van der Waals surface area (Å²) in [7, 11) is 0. The van der Waals surface area contributed by atoms with Crippen LogP contribution in [-0.2, 0) is 4.79 Å². The molecule has 0 atom stereocenters. The van der Waals surface area contributed by atoms with Gasteiger partial charge in [0.05, 0.1) is 6.61 Å². The molecule has 27 heavy (non-hydrogen) atoms. The number of hydrogen-bond acceptors (Lipinski definition) is 6. The van der Waals surface area contributed by atoms with Crippen molar-refractivity contribution in [1.29, 1.82) is 0 Å². The molecule has 0 saturated carbocycles. The number of rotatable bonds is 8. The quantitative estimate of drug-likeness (QED) is 0.575. The monoisotopic (exact) mass is 383 g/mol. The highest BCUT2D eigenvalue weighted by Crippen LogP contribution is 2.25. The van der Waals surface area contributed by atoms with E-state index in [1.807, 2.05) is 62.4 Å². The first-order chi connectivity index (χ1) is 13.1. The summed E-state index contributed by atoms with van der Waals surface area (Å²) in [5.41, 5.74) is 2.74. The first-order valence-electron chi connectivity index (χ1n) is 8.70. The molecular formula is C20H21N3O3S. The number of carbonyl (C=O) groups excluding carboxylic acids is 1. The normalized spacial score (nSPS) is 10.6. The Morgan fingerprint density at radius 2 is 2.00 bits per heavy atom. The van der Waals surface area contributed by atoms with E-state index >= 15 is 0 Å². The Hall–Kier alpha value is -2.80. The fourth-order valence-corrected chi connectivity index (χ4v) is 3.12. The Labute approximate surface area is 162 Å². The van der Waals surface area contributed by atoms with Crippen LogP contribution < -0.4 is 10.1 Å². The third-order valence-corrected chi connectivity index (χ3v) is 4.50. The minimum absolute atomic E-state index is 0.0423. The van der Waals surface area contributed by atoms with Gasteiger partial charge in [0.2, 0.25) is 11.8 Å². The van der Waals surface area contributed by atoms with Gasteiger partial charge in [0.1, 0.15) is 5.75 Å². The van der Waals surface area contributed by atoms with E-state index in [1.54, 1.807) is 0 Å². The highest BCUT2D eigenvalue weighted by Gasteiger charge is 2.10. The lowest BCUT2D eigenvalue weighted by molar-refractivity contribution is -0.115. The van der Waals surface area contributed by atoms with Crippen molar-refractivity contribution >= 4 is 23.4 Å². The maximum Gasteiger partial charge on any atom is 0.276 e. The van der Waals surface area contributed by atoms with Gasteiger partial charge >= 0.3 is 0 Å². The van der Waals surface area contributed by atoms with E-state index in [0.29, 0.717) is 29.9 Å². The number of thioether (sulfide) groups is 1. The Bertz CT molecular complexity index is 893. The fraction of sp³-hybridized carbons (Fsp3) is 0.250. The molecule has 140 valence electrons. The predicted molar refractivity (Wildman–Crippen MR) is 106 cm³/mol.